The molecule has 5 rings (SSSR count). The maximum Gasteiger partial charge on any atom is 0.114 e. The maximum absolute atomic E-state index is 4.77. The van der Waals surface area contributed by atoms with Crippen LogP contribution in [0.1, 0.15) is 0 Å². The number of rotatable bonds is 0. The minimum Gasteiger partial charge on any atom is -0.256 e. The van der Waals surface area contributed by atoms with Crippen molar-refractivity contribution in [3.05, 3.63) is 66.9 Å². The molecule has 2 heterocycles. The third-order valence-corrected chi connectivity index (χ3v) is 8.82. The zero-order valence-electron chi connectivity index (χ0n) is 13.3. The molecule has 0 saturated carbocycles. The second-order valence-corrected chi connectivity index (χ2v) is 11.2. The monoisotopic (exact) mass is 311 g/mol. The van der Waals surface area contributed by atoms with Gasteiger partial charge in [-0.1, -0.05) is 67.7 Å². The number of hydrogen-bond donors (Lipinski definition) is 0. The number of hydrogen-bond acceptors (Lipinski definition) is 1. The first kappa shape index (κ1) is 13.0. The van der Waals surface area contributed by atoms with E-state index in [4.69, 9.17) is 4.98 Å². The Labute approximate surface area is 136 Å². The normalized spacial score (nSPS) is 14.9. The molecule has 110 valence electrons. The van der Waals surface area contributed by atoms with Crippen molar-refractivity contribution in [2.24, 2.45) is 0 Å². The summed E-state index contributed by atoms with van der Waals surface area (Å²) >= 11 is 0. The number of fused-ring (bicyclic) bond motifs is 4. The number of benzene rings is 3. The predicted molar refractivity (Wildman–Crippen MR) is 101 cm³/mol. The Morgan fingerprint density at radius 3 is 2.48 bits per heavy atom. The van der Waals surface area contributed by atoms with Crippen molar-refractivity contribution in [1.82, 2.24) is 4.98 Å². The lowest BCUT2D eigenvalue weighted by Crippen LogP contribution is -2.56. The minimum atomic E-state index is -1.72. The summed E-state index contributed by atoms with van der Waals surface area (Å²) in [5.74, 6) is 0. The molecule has 0 amide bonds. The number of nitrogens with zero attached hydrogens (tertiary/aromatic N) is 1. The summed E-state index contributed by atoms with van der Waals surface area (Å²) in [6.07, 6.45) is 1.96. The Hall–Kier alpha value is -2.45. The lowest BCUT2D eigenvalue weighted by atomic mass is 9.98. The van der Waals surface area contributed by atoms with Gasteiger partial charge in [-0.05, 0) is 32.6 Å². The standard InChI is InChI=1S/C21H17NSi/c1-23(2)18-10-6-5-9-17(18)21-20-16(11-12-22-21)15-8-4-3-7-14(15)13-19(20)23/h3-13H,1-2H3. The van der Waals surface area contributed by atoms with Crippen LogP contribution in [0.4, 0.5) is 0 Å². The van der Waals surface area contributed by atoms with Crippen LogP contribution >= 0.6 is 0 Å². The molecule has 1 nitrogen and oxygen atoms in total. The molecule has 1 aliphatic rings. The van der Waals surface area contributed by atoms with E-state index in [1.54, 1.807) is 0 Å². The summed E-state index contributed by atoms with van der Waals surface area (Å²) in [6.45, 7) is 4.93. The molecular weight excluding hydrogens is 294 g/mol. The summed E-state index contributed by atoms with van der Waals surface area (Å²) in [7, 11) is -1.72. The largest absolute Gasteiger partial charge is 0.256 e. The van der Waals surface area contributed by atoms with Crippen molar-refractivity contribution in [3.63, 3.8) is 0 Å². The fraction of sp³-hybridized carbons (Fsp3) is 0.0952. The van der Waals surface area contributed by atoms with Gasteiger partial charge >= 0.3 is 0 Å². The van der Waals surface area contributed by atoms with Crippen molar-refractivity contribution in [2.75, 3.05) is 0 Å². The van der Waals surface area contributed by atoms with E-state index in [-0.39, 0.29) is 0 Å². The Morgan fingerprint density at radius 1 is 0.783 bits per heavy atom. The molecule has 0 unspecified atom stereocenters. The van der Waals surface area contributed by atoms with Gasteiger partial charge in [-0.15, -0.1) is 0 Å². The van der Waals surface area contributed by atoms with Gasteiger partial charge in [0.25, 0.3) is 0 Å². The molecule has 0 saturated heterocycles. The molecule has 4 aromatic rings. The van der Waals surface area contributed by atoms with Crippen LogP contribution in [0.3, 0.4) is 0 Å². The molecule has 3 aromatic carbocycles. The van der Waals surface area contributed by atoms with Gasteiger partial charge in [0.2, 0.25) is 0 Å². The second-order valence-electron chi connectivity index (χ2n) is 6.90. The highest BCUT2D eigenvalue weighted by Crippen LogP contribution is 2.35. The van der Waals surface area contributed by atoms with Gasteiger partial charge in [-0.2, -0.15) is 0 Å². The number of pyridine rings is 1. The summed E-state index contributed by atoms with van der Waals surface area (Å²) in [5.41, 5.74) is 2.49. The zero-order valence-corrected chi connectivity index (χ0v) is 14.3. The van der Waals surface area contributed by atoms with Gasteiger partial charge in [0.15, 0.2) is 0 Å². The van der Waals surface area contributed by atoms with Gasteiger partial charge in [0.05, 0.1) is 5.69 Å². The van der Waals surface area contributed by atoms with E-state index in [1.165, 1.54) is 37.5 Å². The molecule has 1 aliphatic heterocycles. The third kappa shape index (κ3) is 1.59. The summed E-state index contributed by atoms with van der Waals surface area (Å²) in [6, 6.07) is 22.2. The summed E-state index contributed by atoms with van der Waals surface area (Å²) in [4.78, 5) is 4.77. The van der Waals surface area contributed by atoms with E-state index < -0.39 is 8.07 Å². The fourth-order valence-electron chi connectivity index (χ4n) is 4.13. The van der Waals surface area contributed by atoms with E-state index in [1.807, 2.05) is 6.20 Å². The number of aromatic nitrogens is 1. The van der Waals surface area contributed by atoms with Crippen molar-refractivity contribution < 1.29 is 0 Å². The van der Waals surface area contributed by atoms with Crippen molar-refractivity contribution in [2.45, 2.75) is 13.1 Å². The first-order valence-electron chi connectivity index (χ1n) is 8.09. The zero-order chi connectivity index (χ0) is 15.6. The Morgan fingerprint density at radius 2 is 1.57 bits per heavy atom. The molecule has 0 atom stereocenters. The smallest absolute Gasteiger partial charge is 0.114 e. The van der Waals surface area contributed by atoms with E-state index in [0.717, 1.165) is 5.69 Å². The quantitative estimate of drug-likeness (QED) is 0.350. The average molecular weight is 311 g/mol. The molecule has 0 spiro atoms. The average Bonchev–Trinajstić information content (AvgIpc) is 2.59. The molecule has 0 aliphatic carbocycles. The fourth-order valence-corrected chi connectivity index (χ4v) is 7.20. The first-order valence-corrected chi connectivity index (χ1v) is 11.1. The topological polar surface area (TPSA) is 12.9 Å². The van der Waals surface area contributed by atoms with Crippen LogP contribution in [0.15, 0.2) is 66.9 Å². The molecule has 2 heteroatoms. The van der Waals surface area contributed by atoms with Gasteiger partial charge < -0.3 is 0 Å². The van der Waals surface area contributed by atoms with Crippen LogP contribution in [-0.4, -0.2) is 13.1 Å². The van der Waals surface area contributed by atoms with Gasteiger partial charge in [0.1, 0.15) is 8.07 Å². The Bertz CT molecular complexity index is 1100. The van der Waals surface area contributed by atoms with Crippen LogP contribution in [0.5, 0.6) is 0 Å². The van der Waals surface area contributed by atoms with Crippen molar-refractivity contribution >= 4 is 40.0 Å². The summed E-state index contributed by atoms with van der Waals surface area (Å²) < 4.78 is 0. The molecule has 0 N–H and O–H groups in total. The van der Waals surface area contributed by atoms with Crippen molar-refractivity contribution in [1.29, 1.82) is 0 Å². The molecule has 1 aromatic heterocycles. The lowest BCUT2D eigenvalue weighted by Gasteiger charge is -2.33. The second kappa shape index (κ2) is 4.30. The van der Waals surface area contributed by atoms with Gasteiger partial charge in [0, 0.05) is 17.1 Å². The van der Waals surface area contributed by atoms with Crippen LogP contribution in [0.25, 0.3) is 32.8 Å². The minimum absolute atomic E-state index is 1.16. The van der Waals surface area contributed by atoms with Crippen LogP contribution in [-0.2, 0) is 0 Å². The van der Waals surface area contributed by atoms with E-state index in [9.17, 15) is 0 Å². The molecular formula is C21H17NSi. The third-order valence-electron chi connectivity index (χ3n) is 5.30. The molecule has 0 bridgehead atoms. The summed E-state index contributed by atoms with van der Waals surface area (Å²) in [5, 5.41) is 8.42. The molecule has 23 heavy (non-hydrogen) atoms. The van der Waals surface area contributed by atoms with Crippen molar-refractivity contribution in [3.8, 4) is 11.3 Å². The highest BCUT2D eigenvalue weighted by Gasteiger charge is 2.36. The lowest BCUT2D eigenvalue weighted by molar-refractivity contribution is 1.36. The Balaban J connectivity index is 2.10. The van der Waals surface area contributed by atoms with Crippen LogP contribution in [0, 0.1) is 0 Å². The highest BCUT2D eigenvalue weighted by molar-refractivity contribution is 7.03. The highest BCUT2D eigenvalue weighted by atomic mass is 28.3. The van der Waals surface area contributed by atoms with Crippen LogP contribution < -0.4 is 10.4 Å². The SMILES string of the molecule is C[Si]1(C)c2ccccc2-c2nccc3c2c1cc1ccccc13. The van der Waals surface area contributed by atoms with Crippen LogP contribution in [0.2, 0.25) is 13.1 Å². The Kier molecular flexibility index (Phi) is 2.44. The van der Waals surface area contributed by atoms with E-state index in [2.05, 4.69) is 73.8 Å². The predicted octanol–water partition coefficient (Wildman–Crippen LogP) is 4.19. The maximum atomic E-state index is 4.77. The van der Waals surface area contributed by atoms with E-state index >= 15 is 0 Å². The van der Waals surface area contributed by atoms with E-state index in [0.29, 0.717) is 0 Å². The first-order chi connectivity index (χ1) is 11.2. The molecule has 0 radical (unpaired) electrons. The van der Waals surface area contributed by atoms with Gasteiger partial charge in [-0.25, -0.2) is 0 Å². The molecule has 0 fully saturated rings. The van der Waals surface area contributed by atoms with Gasteiger partial charge in [-0.3, -0.25) is 4.98 Å².